The molecule has 0 aromatic heterocycles. The van der Waals surface area contributed by atoms with Crippen LogP contribution in [0.2, 0.25) is 0 Å². The summed E-state index contributed by atoms with van der Waals surface area (Å²) in [4.78, 5) is 47.3. The third kappa shape index (κ3) is 15.2. The van der Waals surface area contributed by atoms with Crippen LogP contribution >= 0.6 is 0 Å². The maximum atomic E-state index is 12.2. The van der Waals surface area contributed by atoms with Gasteiger partial charge in [-0.2, -0.15) is 10.2 Å². The van der Waals surface area contributed by atoms with Crippen molar-refractivity contribution in [1.29, 1.82) is 0 Å². The first-order valence-electron chi connectivity index (χ1n) is 18.6. The van der Waals surface area contributed by atoms with E-state index in [2.05, 4.69) is 21.1 Å². The number of nitrogens with zero attached hydrogens (tertiary/aromatic N) is 2. The smallest absolute Gasteiger partial charge is 0.274 e. The minimum absolute atomic E-state index is 0.230. The standard InChI is InChI=1S/C42H48N6O8/c49-39(33-15-19-35(20-16-33)41(51)47-53)45-43-29-31-11-23-37(24-12-31)55-27-9-7-5-3-1-2-4-6-8-10-28-56-38-25-13-32(14-26-38)30-44-46-40(50)34-17-21-36(22-18-34)42(52)48-54/h11-26,29-30,53-54H,1-10,27-28H2,(H,45,49)(H,46,50)(H,47,51)(H,48,52)/b43-29+,44-30+. The number of carbonyl (C=O) groups is 4. The SMILES string of the molecule is O=C(NO)c1ccc(C(=O)N/N=C/c2ccc(OCCCCCCCCCCCCOc3ccc(/C=N/NC(=O)c4ccc(C(=O)NO)cc4)cc3)cc2)cc1. The van der Waals surface area contributed by atoms with Crippen LogP contribution in [-0.4, -0.2) is 59.7 Å². The van der Waals surface area contributed by atoms with Gasteiger partial charge in [-0.05, 0) is 121 Å². The summed E-state index contributed by atoms with van der Waals surface area (Å²) in [5.41, 5.74) is 10.7. The Kier molecular flexibility index (Phi) is 18.2. The summed E-state index contributed by atoms with van der Waals surface area (Å²) >= 11 is 0. The fourth-order valence-corrected chi connectivity index (χ4v) is 5.43. The highest BCUT2D eigenvalue weighted by molar-refractivity contribution is 5.98. The van der Waals surface area contributed by atoms with Crippen LogP contribution in [0.15, 0.2) is 107 Å². The summed E-state index contributed by atoms with van der Waals surface area (Å²) in [5, 5.41) is 25.3. The van der Waals surface area contributed by atoms with Gasteiger partial charge in [0.2, 0.25) is 0 Å². The van der Waals surface area contributed by atoms with Crippen LogP contribution in [0.3, 0.4) is 0 Å². The minimum Gasteiger partial charge on any atom is -0.494 e. The molecule has 0 saturated carbocycles. The van der Waals surface area contributed by atoms with Crippen molar-refractivity contribution in [1.82, 2.24) is 21.8 Å². The zero-order valence-electron chi connectivity index (χ0n) is 31.1. The van der Waals surface area contributed by atoms with Gasteiger partial charge in [0.05, 0.1) is 25.6 Å². The number of hydrazone groups is 2. The molecule has 6 N–H and O–H groups in total. The van der Waals surface area contributed by atoms with E-state index in [9.17, 15) is 19.2 Å². The molecule has 0 unspecified atom stereocenters. The molecule has 14 heteroatoms. The first kappa shape index (κ1) is 42.4. The van der Waals surface area contributed by atoms with Crippen LogP contribution in [0, 0.1) is 0 Å². The number of benzene rings is 4. The number of hydrogen-bond donors (Lipinski definition) is 6. The van der Waals surface area contributed by atoms with Crippen LogP contribution in [0.25, 0.3) is 0 Å². The molecule has 0 aliphatic heterocycles. The fourth-order valence-electron chi connectivity index (χ4n) is 5.43. The van der Waals surface area contributed by atoms with Crippen molar-refractivity contribution in [3.8, 4) is 11.5 Å². The zero-order valence-corrected chi connectivity index (χ0v) is 31.1. The maximum Gasteiger partial charge on any atom is 0.274 e. The van der Waals surface area contributed by atoms with Crippen LogP contribution in [0.5, 0.6) is 11.5 Å². The second-order valence-electron chi connectivity index (χ2n) is 12.8. The number of rotatable bonds is 23. The van der Waals surface area contributed by atoms with Crippen LogP contribution in [0.1, 0.15) is 117 Å². The number of hydrogen-bond acceptors (Lipinski definition) is 10. The van der Waals surface area contributed by atoms with Gasteiger partial charge in [0.1, 0.15) is 11.5 Å². The van der Waals surface area contributed by atoms with Gasteiger partial charge in [-0.15, -0.1) is 0 Å². The minimum atomic E-state index is -0.655. The van der Waals surface area contributed by atoms with E-state index in [1.165, 1.54) is 99.5 Å². The molecule has 4 aromatic rings. The van der Waals surface area contributed by atoms with E-state index in [1.807, 2.05) is 48.5 Å². The molecule has 0 fully saturated rings. The fraction of sp³-hybridized carbons (Fsp3) is 0.286. The average Bonchev–Trinajstić information content (AvgIpc) is 3.24. The lowest BCUT2D eigenvalue weighted by Crippen LogP contribution is -2.20. The molecule has 0 aliphatic rings. The summed E-state index contributed by atoms with van der Waals surface area (Å²) < 4.78 is 11.7. The van der Waals surface area contributed by atoms with E-state index in [4.69, 9.17) is 19.9 Å². The highest BCUT2D eigenvalue weighted by Crippen LogP contribution is 2.15. The Bertz CT molecular complexity index is 1740. The highest BCUT2D eigenvalue weighted by Gasteiger charge is 2.09. The number of hydroxylamine groups is 2. The van der Waals surface area contributed by atoms with Crippen molar-refractivity contribution < 1.29 is 39.1 Å². The Morgan fingerprint density at radius 2 is 0.714 bits per heavy atom. The Balaban J connectivity index is 0.946. The molecule has 0 aliphatic carbocycles. The molecular weight excluding hydrogens is 716 g/mol. The van der Waals surface area contributed by atoms with E-state index >= 15 is 0 Å². The first-order chi connectivity index (χ1) is 27.4. The van der Waals surface area contributed by atoms with E-state index in [0.29, 0.717) is 24.3 Å². The normalized spacial score (nSPS) is 11.0. The highest BCUT2D eigenvalue weighted by atomic mass is 16.5. The predicted molar refractivity (Wildman–Crippen MR) is 212 cm³/mol. The van der Waals surface area contributed by atoms with Gasteiger partial charge in [0.15, 0.2) is 0 Å². The summed E-state index contributed by atoms with van der Waals surface area (Å²) in [6.45, 7) is 1.33. The van der Waals surface area contributed by atoms with Gasteiger partial charge in [-0.1, -0.05) is 51.4 Å². The summed E-state index contributed by atoms with van der Waals surface area (Å²) in [6, 6.07) is 26.5. The molecule has 0 bridgehead atoms. The van der Waals surface area contributed by atoms with Crippen LogP contribution in [-0.2, 0) is 0 Å². The monoisotopic (exact) mass is 764 g/mol. The Hall–Kier alpha value is -6.38. The van der Waals surface area contributed by atoms with Gasteiger partial charge in [-0.25, -0.2) is 21.8 Å². The lowest BCUT2D eigenvalue weighted by molar-refractivity contribution is 0.0702. The summed E-state index contributed by atoms with van der Waals surface area (Å²) in [6.07, 6.45) is 14.7. The van der Waals surface area contributed by atoms with E-state index < -0.39 is 23.6 Å². The summed E-state index contributed by atoms with van der Waals surface area (Å²) in [7, 11) is 0. The average molecular weight is 765 g/mol. The predicted octanol–water partition coefficient (Wildman–Crippen LogP) is 6.81. The molecule has 56 heavy (non-hydrogen) atoms. The number of unbranched alkanes of at least 4 members (excludes halogenated alkanes) is 9. The molecule has 294 valence electrons. The molecule has 4 rings (SSSR count). The molecule has 0 spiro atoms. The second-order valence-corrected chi connectivity index (χ2v) is 12.8. The second kappa shape index (κ2) is 24.1. The van der Waals surface area contributed by atoms with Gasteiger partial charge in [0, 0.05) is 22.3 Å². The van der Waals surface area contributed by atoms with Crippen molar-refractivity contribution >= 4 is 36.1 Å². The van der Waals surface area contributed by atoms with E-state index in [1.54, 1.807) is 11.0 Å². The summed E-state index contributed by atoms with van der Waals surface area (Å²) in [5.74, 6) is -0.585. The number of carbonyl (C=O) groups excluding carboxylic acids is 4. The maximum absolute atomic E-state index is 12.2. The molecule has 0 saturated heterocycles. The Labute approximate surface area is 325 Å². The number of nitrogens with one attached hydrogen (secondary N) is 4. The van der Waals surface area contributed by atoms with Crippen LogP contribution < -0.4 is 31.3 Å². The quantitative estimate of drug-likeness (QED) is 0.0205. The largest absolute Gasteiger partial charge is 0.494 e. The molecular formula is C42H48N6O8. The van der Waals surface area contributed by atoms with Crippen molar-refractivity contribution in [2.45, 2.75) is 64.2 Å². The molecule has 0 heterocycles. The van der Waals surface area contributed by atoms with Crippen molar-refractivity contribution in [2.24, 2.45) is 10.2 Å². The van der Waals surface area contributed by atoms with Gasteiger partial charge < -0.3 is 9.47 Å². The molecule has 0 radical (unpaired) electrons. The van der Waals surface area contributed by atoms with Crippen molar-refractivity contribution in [2.75, 3.05) is 13.2 Å². The lowest BCUT2D eigenvalue weighted by Gasteiger charge is -2.07. The van der Waals surface area contributed by atoms with Crippen molar-refractivity contribution in [3.63, 3.8) is 0 Å². The van der Waals surface area contributed by atoms with Gasteiger partial charge >= 0.3 is 0 Å². The first-order valence-corrected chi connectivity index (χ1v) is 18.6. The van der Waals surface area contributed by atoms with E-state index in [-0.39, 0.29) is 11.1 Å². The third-order valence-corrected chi connectivity index (χ3v) is 8.62. The topological polar surface area (TPSA) is 200 Å². The lowest BCUT2D eigenvalue weighted by atomic mass is 10.1. The Morgan fingerprint density at radius 1 is 0.429 bits per heavy atom. The van der Waals surface area contributed by atoms with Crippen LogP contribution in [0.4, 0.5) is 0 Å². The molecule has 0 atom stereocenters. The number of amides is 4. The number of ether oxygens (including phenoxy) is 2. The molecule has 4 amide bonds. The Morgan fingerprint density at radius 3 is 1.02 bits per heavy atom. The molecule has 4 aromatic carbocycles. The molecule has 14 nitrogen and oxygen atoms in total. The van der Waals surface area contributed by atoms with Crippen molar-refractivity contribution in [3.05, 3.63) is 130 Å². The van der Waals surface area contributed by atoms with Gasteiger partial charge in [0.25, 0.3) is 23.6 Å². The zero-order chi connectivity index (χ0) is 39.8. The van der Waals surface area contributed by atoms with Gasteiger partial charge in [-0.3, -0.25) is 29.6 Å². The third-order valence-electron chi connectivity index (χ3n) is 8.62. The van der Waals surface area contributed by atoms with E-state index in [0.717, 1.165) is 48.3 Å².